The average molecular weight is 476 g/mol. The van der Waals surface area contributed by atoms with Gasteiger partial charge in [-0.1, -0.05) is 55.7 Å². The highest BCUT2D eigenvalue weighted by molar-refractivity contribution is 8.00. The number of ether oxygens (including phenoxy) is 1. The number of nitrogens with zero attached hydrogens (tertiary/aromatic N) is 2. The van der Waals surface area contributed by atoms with Gasteiger partial charge in [0.15, 0.2) is 6.23 Å². The lowest BCUT2D eigenvalue weighted by Gasteiger charge is -2.39. The molecule has 1 amide bonds. The third-order valence-corrected chi connectivity index (χ3v) is 9.59. The number of nitrogens with one attached hydrogen (secondary N) is 1. The molecule has 1 aliphatic heterocycles. The highest BCUT2D eigenvalue weighted by Gasteiger charge is 2.53. The highest BCUT2D eigenvalue weighted by atomic mass is 32.2. The predicted octanol–water partition coefficient (Wildman–Crippen LogP) is 5.47. The second kappa shape index (κ2) is 9.04. The molecule has 0 radical (unpaired) electrons. The molecule has 5 unspecified atom stereocenters. The second-order valence-electron chi connectivity index (χ2n) is 10.5. The second-order valence-corrected chi connectivity index (χ2v) is 11.8. The number of amides is 1. The van der Waals surface area contributed by atoms with Crippen LogP contribution in [0.15, 0.2) is 70.7 Å². The van der Waals surface area contributed by atoms with Crippen LogP contribution in [-0.2, 0) is 9.53 Å². The van der Waals surface area contributed by atoms with Gasteiger partial charge in [0.25, 0.3) is 5.91 Å². The number of carbonyl (C=O) groups excluding carboxylic acids is 1. The van der Waals surface area contributed by atoms with Gasteiger partial charge in [-0.05, 0) is 67.7 Å². The van der Waals surface area contributed by atoms with E-state index in [2.05, 4.69) is 17.4 Å². The van der Waals surface area contributed by atoms with Crippen molar-refractivity contribution in [1.29, 1.82) is 0 Å². The van der Waals surface area contributed by atoms with Crippen LogP contribution in [0.4, 0.5) is 5.69 Å². The number of para-hydroxylation sites is 1. The van der Waals surface area contributed by atoms with Crippen molar-refractivity contribution >= 4 is 29.1 Å². The Morgan fingerprint density at radius 1 is 1.03 bits per heavy atom. The van der Waals surface area contributed by atoms with Gasteiger partial charge in [0.1, 0.15) is 11.0 Å². The molecule has 2 aromatic carbocycles. The summed E-state index contributed by atoms with van der Waals surface area (Å²) in [4.78, 5) is 15.0. The molecule has 6 rings (SSSR count). The molecule has 34 heavy (non-hydrogen) atoms. The van der Waals surface area contributed by atoms with Crippen molar-refractivity contribution in [2.45, 2.75) is 66.9 Å². The number of rotatable bonds is 6. The van der Waals surface area contributed by atoms with Crippen molar-refractivity contribution in [2.24, 2.45) is 22.9 Å². The van der Waals surface area contributed by atoms with Gasteiger partial charge in [-0.2, -0.15) is 5.10 Å². The first-order valence-corrected chi connectivity index (χ1v) is 13.5. The zero-order valence-electron chi connectivity index (χ0n) is 19.7. The lowest BCUT2D eigenvalue weighted by atomic mass is 9.75. The molecule has 6 heteroatoms. The van der Waals surface area contributed by atoms with Crippen LogP contribution in [0.5, 0.6) is 0 Å². The molecule has 0 spiro atoms. The molecular formula is C28H33N3O2S. The predicted molar refractivity (Wildman–Crippen MR) is 137 cm³/mol. The minimum Gasteiger partial charge on any atom is -0.358 e. The summed E-state index contributed by atoms with van der Waals surface area (Å²) in [6.45, 7) is 0. The highest BCUT2D eigenvalue weighted by Crippen LogP contribution is 2.55. The number of carbonyl (C=O) groups is 1. The Kier molecular flexibility index (Phi) is 5.90. The van der Waals surface area contributed by atoms with E-state index in [9.17, 15) is 4.79 Å². The van der Waals surface area contributed by atoms with E-state index in [1.807, 2.05) is 53.5 Å². The smallest absolute Gasteiger partial charge is 0.269 e. The molecule has 0 aromatic heterocycles. The SMILES string of the molecule is COC1[C@H](Sc2ccccc2)C(C(=O)NC23CC4CCCC(C2)C(C4)C3)=NN1c1ccccc1. The quantitative estimate of drug-likeness (QED) is 0.602. The maximum atomic E-state index is 13.9. The van der Waals surface area contributed by atoms with Crippen molar-refractivity contribution in [2.75, 3.05) is 12.1 Å². The van der Waals surface area contributed by atoms with Crippen molar-refractivity contribution in [1.82, 2.24) is 5.32 Å². The molecule has 1 heterocycles. The maximum Gasteiger partial charge on any atom is 0.269 e. The normalized spacial score (nSPS) is 34.1. The number of hydrogen-bond donors (Lipinski definition) is 1. The Bertz CT molecular complexity index is 1060. The first kappa shape index (κ1) is 22.2. The van der Waals surface area contributed by atoms with E-state index in [4.69, 9.17) is 9.84 Å². The molecular weight excluding hydrogens is 442 g/mol. The zero-order valence-corrected chi connectivity index (χ0v) is 20.5. The first-order chi connectivity index (χ1) is 16.6. The third kappa shape index (κ3) is 4.05. The fourth-order valence-electron chi connectivity index (χ4n) is 7.05. The summed E-state index contributed by atoms with van der Waals surface area (Å²) in [6.07, 6.45) is 8.44. The minimum absolute atomic E-state index is 0.0189. The number of anilines is 1. The van der Waals surface area contributed by atoms with Gasteiger partial charge in [0, 0.05) is 17.5 Å². The molecule has 4 aliphatic rings. The van der Waals surface area contributed by atoms with Gasteiger partial charge in [-0.25, -0.2) is 5.01 Å². The van der Waals surface area contributed by atoms with Crippen LogP contribution >= 0.6 is 11.8 Å². The lowest BCUT2D eigenvalue weighted by molar-refractivity contribution is -0.117. The number of hydrogen-bond acceptors (Lipinski definition) is 5. The number of fused-ring (bicyclic) bond motifs is 2. The van der Waals surface area contributed by atoms with E-state index in [1.165, 1.54) is 25.7 Å². The van der Waals surface area contributed by atoms with E-state index in [1.54, 1.807) is 18.9 Å². The topological polar surface area (TPSA) is 53.9 Å². The largest absolute Gasteiger partial charge is 0.358 e. The zero-order chi connectivity index (χ0) is 23.1. The maximum absolute atomic E-state index is 13.9. The Labute approximate surface area is 206 Å². The molecule has 178 valence electrons. The molecule has 1 N–H and O–H groups in total. The molecule has 5 nitrogen and oxygen atoms in total. The van der Waals surface area contributed by atoms with E-state index >= 15 is 0 Å². The fraction of sp³-hybridized carbons (Fsp3) is 0.500. The monoisotopic (exact) mass is 475 g/mol. The lowest BCUT2D eigenvalue weighted by Crippen LogP contribution is -2.53. The van der Waals surface area contributed by atoms with Crippen LogP contribution < -0.4 is 10.3 Å². The van der Waals surface area contributed by atoms with Gasteiger partial charge >= 0.3 is 0 Å². The van der Waals surface area contributed by atoms with Crippen molar-refractivity contribution in [3.8, 4) is 0 Å². The Morgan fingerprint density at radius 2 is 1.76 bits per heavy atom. The Balaban J connectivity index is 1.30. The Hall–Kier alpha value is -2.31. The van der Waals surface area contributed by atoms with Crippen LogP contribution in [0.3, 0.4) is 0 Å². The third-order valence-electron chi connectivity index (χ3n) is 8.34. The van der Waals surface area contributed by atoms with Crippen LogP contribution in [0.25, 0.3) is 0 Å². The van der Waals surface area contributed by atoms with Crippen LogP contribution in [-0.4, -0.2) is 35.7 Å². The van der Waals surface area contributed by atoms with Crippen LogP contribution in [0.2, 0.25) is 0 Å². The molecule has 3 aliphatic carbocycles. The molecule has 3 saturated carbocycles. The van der Waals surface area contributed by atoms with Gasteiger partial charge in [0.05, 0.1) is 5.69 Å². The van der Waals surface area contributed by atoms with Crippen molar-refractivity contribution in [3.05, 3.63) is 60.7 Å². The molecule has 2 aromatic rings. The average Bonchev–Trinajstić information content (AvgIpc) is 3.28. The summed E-state index contributed by atoms with van der Waals surface area (Å²) in [5.74, 6) is 2.31. The standard InChI is InChI=1S/C28H33N3O2S/c1-33-27-25(34-23-13-6-3-7-14-23)24(30-31(27)22-11-4-2-5-12-22)26(32)29-28-16-19-9-8-10-20(17-28)21(15-19)18-28/h2-7,11-14,19-21,25,27H,8-10,15-18H2,1H3,(H,29,32)/t19?,20?,21?,25-,27?,28?/m1/s1. The summed E-state index contributed by atoms with van der Waals surface area (Å²) >= 11 is 1.66. The molecule has 0 saturated heterocycles. The van der Waals surface area contributed by atoms with E-state index < -0.39 is 0 Å². The number of thioether (sulfide) groups is 1. The van der Waals surface area contributed by atoms with E-state index in [-0.39, 0.29) is 22.9 Å². The van der Waals surface area contributed by atoms with Crippen LogP contribution in [0, 0.1) is 17.8 Å². The number of methoxy groups -OCH3 is 1. The summed E-state index contributed by atoms with van der Waals surface area (Å²) in [5.41, 5.74) is 1.45. The number of hydrazone groups is 1. The van der Waals surface area contributed by atoms with Crippen molar-refractivity contribution < 1.29 is 9.53 Å². The summed E-state index contributed by atoms with van der Waals surface area (Å²) in [7, 11) is 1.71. The fourth-order valence-corrected chi connectivity index (χ4v) is 8.26. The molecule has 6 atom stereocenters. The summed E-state index contributed by atoms with van der Waals surface area (Å²) in [5, 5.41) is 10.1. The van der Waals surface area contributed by atoms with Gasteiger partial charge in [-0.3, -0.25) is 4.79 Å². The first-order valence-electron chi connectivity index (χ1n) is 12.6. The van der Waals surface area contributed by atoms with E-state index in [0.29, 0.717) is 5.71 Å². The van der Waals surface area contributed by atoms with E-state index in [0.717, 1.165) is 47.6 Å². The van der Waals surface area contributed by atoms with Crippen LogP contribution in [0.1, 0.15) is 44.9 Å². The molecule has 3 fully saturated rings. The molecule has 3 bridgehead atoms. The summed E-state index contributed by atoms with van der Waals surface area (Å²) in [6, 6.07) is 20.3. The van der Waals surface area contributed by atoms with Gasteiger partial charge in [0.2, 0.25) is 0 Å². The van der Waals surface area contributed by atoms with Gasteiger partial charge in [-0.15, -0.1) is 11.8 Å². The summed E-state index contributed by atoms with van der Waals surface area (Å²) < 4.78 is 5.96. The minimum atomic E-state index is -0.354. The Morgan fingerprint density at radius 3 is 2.53 bits per heavy atom. The van der Waals surface area contributed by atoms with Crippen molar-refractivity contribution in [3.63, 3.8) is 0 Å². The van der Waals surface area contributed by atoms with Gasteiger partial charge < -0.3 is 10.1 Å². The number of benzene rings is 2.